The SMILES string of the molecule is c1ccc(-c2ccc(-c3nc(-c4cccc(-c5cncc(-c6cc(-c7ccccc7)nc(-c7ccccc7)n6)c5)c4)nc4ccccc34)cc2)cc1. The predicted octanol–water partition coefficient (Wildman–Crippen LogP) is 11.5. The topological polar surface area (TPSA) is 64.5 Å². The highest BCUT2D eigenvalue weighted by Gasteiger charge is 2.15. The van der Waals surface area contributed by atoms with Gasteiger partial charge in [-0.2, -0.15) is 0 Å². The van der Waals surface area contributed by atoms with Crippen LogP contribution in [-0.4, -0.2) is 24.9 Å². The fraction of sp³-hybridized carbons (Fsp3) is 0. The van der Waals surface area contributed by atoms with E-state index in [9.17, 15) is 0 Å². The highest BCUT2D eigenvalue weighted by molar-refractivity contribution is 5.94. The summed E-state index contributed by atoms with van der Waals surface area (Å²) in [6, 6.07) is 60.0. The van der Waals surface area contributed by atoms with Gasteiger partial charge in [0.2, 0.25) is 0 Å². The molecule has 5 heteroatoms. The molecule has 0 fully saturated rings. The summed E-state index contributed by atoms with van der Waals surface area (Å²) >= 11 is 0. The van der Waals surface area contributed by atoms with E-state index in [4.69, 9.17) is 19.9 Å². The second kappa shape index (κ2) is 13.7. The number of fused-ring (bicyclic) bond motifs is 1. The quantitative estimate of drug-likeness (QED) is 0.169. The first-order valence-corrected chi connectivity index (χ1v) is 17.2. The average Bonchev–Trinajstić information content (AvgIpc) is 3.24. The van der Waals surface area contributed by atoms with Crippen LogP contribution in [0, 0.1) is 0 Å². The van der Waals surface area contributed by atoms with Gasteiger partial charge in [-0.25, -0.2) is 19.9 Å². The largest absolute Gasteiger partial charge is 0.263 e. The van der Waals surface area contributed by atoms with Crippen molar-refractivity contribution in [2.24, 2.45) is 0 Å². The Labute approximate surface area is 302 Å². The molecule has 0 aliphatic rings. The van der Waals surface area contributed by atoms with Gasteiger partial charge in [-0.3, -0.25) is 4.98 Å². The van der Waals surface area contributed by atoms with Crippen LogP contribution in [0.3, 0.4) is 0 Å². The van der Waals surface area contributed by atoms with E-state index in [1.807, 2.05) is 85.2 Å². The summed E-state index contributed by atoms with van der Waals surface area (Å²) in [4.78, 5) is 24.9. The molecule has 0 saturated carbocycles. The van der Waals surface area contributed by atoms with E-state index < -0.39 is 0 Å². The molecule has 6 aromatic carbocycles. The molecule has 0 aliphatic carbocycles. The molecule has 0 N–H and O–H groups in total. The van der Waals surface area contributed by atoms with Crippen LogP contribution >= 0.6 is 0 Å². The molecule has 0 spiro atoms. The second-order valence-electron chi connectivity index (χ2n) is 12.6. The zero-order valence-electron chi connectivity index (χ0n) is 28.1. The van der Waals surface area contributed by atoms with Crippen LogP contribution in [0.4, 0.5) is 0 Å². The minimum atomic E-state index is 0.669. The molecule has 52 heavy (non-hydrogen) atoms. The lowest BCUT2D eigenvalue weighted by atomic mass is 10.00. The van der Waals surface area contributed by atoms with Gasteiger partial charge in [0, 0.05) is 51.2 Å². The van der Waals surface area contributed by atoms with Crippen molar-refractivity contribution >= 4 is 10.9 Å². The van der Waals surface area contributed by atoms with Crippen LogP contribution < -0.4 is 0 Å². The first-order valence-electron chi connectivity index (χ1n) is 17.2. The number of aromatic nitrogens is 5. The van der Waals surface area contributed by atoms with Crippen molar-refractivity contribution in [2.75, 3.05) is 0 Å². The Kier molecular flexibility index (Phi) is 8.12. The summed E-state index contributed by atoms with van der Waals surface area (Å²) < 4.78 is 0. The van der Waals surface area contributed by atoms with Crippen molar-refractivity contribution in [2.45, 2.75) is 0 Å². The number of para-hydroxylation sites is 1. The third-order valence-corrected chi connectivity index (χ3v) is 9.18. The molecule has 0 bridgehead atoms. The zero-order chi connectivity index (χ0) is 34.7. The molecule has 3 heterocycles. The maximum Gasteiger partial charge on any atom is 0.160 e. The molecule has 5 nitrogen and oxygen atoms in total. The van der Waals surface area contributed by atoms with Gasteiger partial charge in [-0.05, 0) is 41.0 Å². The van der Waals surface area contributed by atoms with Gasteiger partial charge in [0.05, 0.1) is 22.6 Å². The van der Waals surface area contributed by atoms with E-state index in [2.05, 4.69) is 108 Å². The van der Waals surface area contributed by atoms with Crippen molar-refractivity contribution in [1.29, 1.82) is 0 Å². The van der Waals surface area contributed by atoms with Crippen molar-refractivity contribution in [3.05, 3.63) is 188 Å². The van der Waals surface area contributed by atoms with Crippen molar-refractivity contribution in [1.82, 2.24) is 24.9 Å². The molecule has 0 radical (unpaired) electrons. The Morgan fingerprint density at radius 2 is 0.808 bits per heavy atom. The van der Waals surface area contributed by atoms with Gasteiger partial charge in [-0.15, -0.1) is 0 Å². The Morgan fingerprint density at radius 3 is 1.56 bits per heavy atom. The van der Waals surface area contributed by atoms with E-state index in [1.165, 1.54) is 11.1 Å². The maximum atomic E-state index is 5.18. The fourth-order valence-corrected chi connectivity index (χ4v) is 6.52. The summed E-state index contributed by atoms with van der Waals surface area (Å²) in [7, 11) is 0. The summed E-state index contributed by atoms with van der Waals surface area (Å²) in [6.45, 7) is 0. The third-order valence-electron chi connectivity index (χ3n) is 9.18. The van der Waals surface area contributed by atoms with Crippen LogP contribution in [0.15, 0.2) is 188 Å². The van der Waals surface area contributed by atoms with E-state index >= 15 is 0 Å². The summed E-state index contributed by atoms with van der Waals surface area (Å²) in [6.07, 6.45) is 3.75. The first kappa shape index (κ1) is 30.9. The lowest BCUT2D eigenvalue weighted by molar-refractivity contribution is 1.18. The van der Waals surface area contributed by atoms with Gasteiger partial charge in [0.1, 0.15) is 0 Å². The molecule has 0 unspecified atom stereocenters. The van der Waals surface area contributed by atoms with Crippen molar-refractivity contribution in [3.63, 3.8) is 0 Å². The average molecular weight is 666 g/mol. The Balaban J connectivity index is 1.10. The first-order chi connectivity index (χ1) is 25.7. The number of pyridine rings is 1. The molecule has 244 valence electrons. The number of benzene rings is 6. The maximum absolute atomic E-state index is 5.18. The van der Waals surface area contributed by atoms with E-state index in [0.717, 1.165) is 66.9 Å². The number of hydrogen-bond donors (Lipinski definition) is 0. The third kappa shape index (κ3) is 6.23. The lowest BCUT2D eigenvalue weighted by Gasteiger charge is -2.12. The predicted molar refractivity (Wildman–Crippen MR) is 211 cm³/mol. The molecule has 0 aliphatic heterocycles. The lowest BCUT2D eigenvalue weighted by Crippen LogP contribution is -1.97. The van der Waals surface area contributed by atoms with Gasteiger partial charge >= 0.3 is 0 Å². The fourth-order valence-electron chi connectivity index (χ4n) is 6.52. The standard InChI is InChI=1S/C47H31N5/c1-4-13-32(14-5-1)33-23-25-35(26-24-33)45-41-21-10-11-22-42(41)49-47(52-45)38-20-12-19-37(27-38)39-28-40(31-48-30-39)44-29-43(34-15-6-2-7-16-34)50-46(51-44)36-17-8-3-9-18-36/h1-31H. The van der Waals surface area contributed by atoms with Crippen LogP contribution in [0.1, 0.15) is 0 Å². The molecule has 0 saturated heterocycles. The van der Waals surface area contributed by atoms with Gasteiger partial charge in [-0.1, -0.05) is 152 Å². The van der Waals surface area contributed by atoms with Crippen LogP contribution in [0.5, 0.6) is 0 Å². The summed E-state index contributed by atoms with van der Waals surface area (Å²) in [5.41, 5.74) is 12.7. The zero-order valence-corrected chi connectivity index (χ0v) is 28.1. The van der Waals surface area contributed by atoms with Crippen LogP contribution in [0.25, 0.3) is 89.7 Å². The van der Waals surface area contributed by atoms with E-state index in [0.29, 0.717) is 11.6 Å². The van der Waals surface area contributed by atoms with Crippen LogP contribution in [0.2, 0.25) is 0 Å². The Morgan fingerprint density at radius 1 is 0.288 bits per heavy atom. The molecule has 0 amide bonds. The molecule has 9 rings (SSSR count). The summed E-state index contributed by atoms with van der Waals surface area (Å²) in [5.74, 6) is 1.34. The summed E-state index contributed by atoms with van der Waals surface area (Å²) in [5, 5.41) is 1.02. The molecular weight excluding hydrogens is 635 g/mol. The second-order valence-corrected chi connectivity index (χ2v) is 12.6. The smallest absolute Gasteiger partial charge is 0.160 e. The molecular formula is C47H31N5. The molecule has 9 aromatic rings. The molecule has 0 atom stereocenters. The minimum Gasteiger partial charge on any atom is -0.263 e. The molecule has 3 aromatic heterocycles. The van der Waals surface area contributed by atoms with Crippen molar-refractivity contribution < 1.29 is 0 Å². The van der Waals surface area contributed by atoms with Gasteiger partial charge < -0.3 is 0 Å². The van der Waals surface area contributed by atoms with E-state index in [-0.39, 0.29) is 0 Å². The number of rotatable bonds is 7. The monoisotopic (exact) mass is 665 g/mol. The highest BCUT2D eigenvalue weighted by atomic mass is 14.9. The van der Waals surface area contributed by atoms with Gasteiger partial charge in [0.15, 0.2) is 11.6 Å². The number of nitrogens with zero attached hydrogens (tertiary/aromatic N) is 5. The Hall–Kier alpha value is -7.11. The normalized spacial score (nSPS) is 11.1. The Bertz CT molecular complexity index is 2600. The van der Waals surface area contributed by atoms with Crippen LogP contribution in [-0.2, 0) is 0 Å². The highest BCUT2D eigenvalue weighted by Crippen LogP contribution is 2.34. The van der Waals surface area contributed by atoms with Gasteiger partial charge in [0.25, 0.3) is 0 Å². The van der Waals surface area contributed by atoms with Crippen molar-refractivity contribution in [3.8, 4) is 78.8 Å². The van der Waals surface area contributed by atoms with E-state index in [1.54, 1.807) is 0 Å². The minimum absolute atomic E-state index is 0.669. The number of hydrogen-bond acceptors (Lipinski definition) is 5.